The Bertz CT molecular complexity index is 569. The summed E-state index contributed by atoms with van der Waals surface area (Å²) in [7, 11) is 0. The van der Waals surface area contributed by atoms with Gasteiger partial charge in [0.1, 0.15) is 5.69 Å². The van der Waals surface area contributed by atoms with Crippen molar-refractivity contribution in [2.45, 2.75) is 19.9 Å². The first-order valence-electron chi connectivity index (χ1n) is 7.33. The fourth-order valence-electron chi connectivity index (χ4n) is 3.35. The van der Waals surface area contributed by atoms with Gasteiger partial charge in [-0.05, 0) is 25.7 Å². The first-order chi connectivity index (χ1) is 9.97. The lowest BCUT2D eigenvalue weighted by molar-refractivity contribution is -0.384. The van der Waals surface area contributed by atoms with Crippen LogP contribution < -0.4 is 5.32 Å². The van der Waals surface area contributed by atoms with Gasteiger partial charge in [0.25, 0.3) is 11.6 Å². The van der Waals surface area contributed by atoms with E-state index in [2.05, 4.69) is 5.32 Å². The molecule has 3 rings (SSSR count). The molecule has 0 saturated carbocycles. The molecule has 1 N–H and O–H groups in total. The van der Waals surface area contributed by atoms with Gasteiger partial charge in [-0.3, -0.25) is 14.9 Å². The molecule has 7 heteroatoms. The molecule has 2 aliphatic rings. The Kier molecular flexibility index (Phi) is 3.44. The van der Waals surface area contributed by atoms with Crippen molar-refractivity contribution in [1.29, 1.82) is 0 Å². The summed E-state index contributed by atoms with van der Waals surface area (Å²) in [5.74, 6) is 0.948. The fourth-order valence-corrected chi connectivity index (χ4v) is 3.35. The van der Waals surface area contributed by atoms with Crippen LogP contribution in [-0.2, 0) is 0 Å². The Morgan fingerprint density at radius 2 is 2.00 bits per heavy atom. The zero-order chi connectivity index (χ0) is 15.1. The largest absolute Gasteiger partial charge is 0.337 e. The number of aromatic nitrogens is 1. The second-order valence-electron chi connectivity index (χ2n) is 6.23. The highest BCUT2D eigenvalue weighted by Crippen LogP contribution is 2.29. The third-order valence-electron chi connectivity index (χ3n) is 4.50. The van der Waals surface area contributed by atoms with E-state index in [1.165, 1.54) is 12.3 Å². The maximum atomic E-state index is 12.7. The molecule has 1 amide bonds. The number of likely N-dealkylation sites (tertiary alicyclic amines) is 1. The summed E-state index contributed by atoms with van der Waals surface area (Å²) in [6.45, 7) is 7.24. The molecule has 114 valence electrons. The average molecular weight is 292 g/mol. The van der Waals surface area contributed by atoms with E-state index in [4.69, 9.17) is 0 Å². The van der Waals surface area contributed by atoms with Crippen molar-refractivity contribution in [2.75, 3.05) is 26.2 Å². The number of hydrogen-bond acceptors (Lipinski definition) is 4. The number of hydrogen-bond donors (Lipinski definition) is 1. The number of nitrogens with one attached hydrogen (secondary N) is 1. The standard InChI is InChI=1S/C14H20N4O3/c1-9(2)17-8-12(18(20)21)3-13(17)14(19)16-6-10-4-15-5-11(10)7-16/h3,8-11,15H,4-7H2,1-2H3. The number of rotatable bonds is 3. The van der Waals surface area contributed by atoms with Crippen LogP contribution in [0.4, 0.5) is 5.69 Å². The van der Waals surface area contributed by atoms with Crippen LogP contribution in [0.3, 0.4) is 0 Å². The van der Waals surface area contributed by atoms with E-state index in [0.717, 1.165) is 26.2 Å². The van der Waals surface area contributed by atoms with Gasteiger partial charge in [-0.1, -0.05) is 0 Å². The molecule has 1 aromatic heterocycles. The number of amides is 1. The van der Waals surface area contributed by atoms with Crippen molar-refractivity contribution in [3.8, 4) is 0 Å². The predicted molar refractivity (Wildman–Crippen MR) is 77.2 cm³/mol. The first kappa shape index (κ1) is 14.1. The summed E-state index contributed by atoms with van der Waals surface area (Å²) < 4.78 is 1.70. The van der Waals surface area contributed by atoms with Crippen LogP contribution in [0.5, 0.6) is 0 Å². The van der Waals surface area contributed by atoms with Crippen LogP contribution in [0.15, 0.2) is 12.3 Å². The molecule has 0 aliphatic carbocycles. The molecule has 0 aromatic carbocycles. The Balaban J connectivity index is 1.85. The highest BCUT2D eigenvalue weighted by molar-refractivity contribution is 5.94. The molecule has 1 aromatic rings. The summed E-state index contributed by atoms with van der Waals surface area (Å²) in [4.78, 5) is 25.0. The molecule has 2 atom stereocenters. The Hall–Kier alpha value is -1.89. The summed E-state index contributed by atoms with van der Waals surface area (Å²) in [6.07, 6.45) is 1.45. The zero-order valence-electron chi connectivity index (χ0n) is 12.3. The average Bonchev–Trinajstić information content (AvgIpc) is 3.10. The Morgan fingerprint density at radius 3 is 2.52 bits per heavy atom. The van der Waals surface area contributed by atoms with Crippen molar-refractivity contribution in [3.05, 3.63) is 28.1 Å². The molecule has 2 aliphatic heterocycles. The van der Waals surface area contributed by atoms with Crippen LogP contribution >= 0.6 is 0 Å². The smallest absolute Gasteiger partial charge is 0.287 e. The second-order valence-corrected chi connectivity index (χ2v) is 6.23. The number of nitro groups is 1. The van der Waals surface area contributed by atoms with E-state index in [-0.39, 0.29) is 17.6 Å². The van der Waals surface area contributed by atoms with Crippen molar-refractivity contribution < 1.29 is 9.72 Å². The van der Waals surface area contributed by atoms with E-state index in [0.29, 0.717) is 17.5 Å². The Labute approximate surface area is 123 Å². The first-order valence-corrected chi connectivity index (χ1v) is 7.33. The van der Waals surface area contributed by atoms with Crippen LogP contribution in [-0.4, -0.2) is 46.5 Å². The minimum atomic E-state index is -0.446. The summed E-state index contributed by atoms with van der Waals surface area (Å²) in [5, 5.41) is 14.3. The van der Waals surface area contributed by atoms with Gasteiger partial charge in [0.05, 0.1) is 11.1 Å². The predicted octanol–water partition coefficient (Wildman–Crippen LogP) is 1.27. The maximum absolute atomic E-state index is 12.7. The molecular weight excluding hydrogens is 272 g/mol. The third kappa shape index (κ3) is 2.42. The number of carbonyl (C=O) groups is 1. The monoisotopic (exact) mass is 292 g/mol. The van der Waals surface area contributed by atoms with E-state index < -0.39 is 4.92 Å². The molecule has 0 radical (unpaired) electrons. The maximum Gasteiger partial charge on any atom is 0.287 e. The molecular formula is C14H20N4O3. The van der Waals surface area contributed by atoms with E-state index >= 15 is 0 Å². The molecule has 0 bridgehead atoms. The van der Waals surface area contributed by atoms with Crippen LogP contribution in [0, 0.1) is 22.0 Å². The van der Waals surface area contributed by atoms with Gasteiger partial charge in [-0.25, -0.2) is 0 Å². The minimum absolute atomic E-state index is 0.0152. The highest BCUT2D eigenvalue weighted by atomic mass is 16.6. The molecule has 2 saturated heterocycles. The number of fused-ring (bicyclic) bond motifs is 1. The van der Waals surface area contributed by atoms with E-state index in [1.807, 2.05) is 18.7 Å². The number of carbonyl (C=O) groups excluding carboxylic acids is 1. The van der Waals surface area contributed by atoms with Crippen molar-refractivity contribution in [2.24, 2.45) is 11.8 Å². The lowest BCUT2D eigenvalue weighted by atomic mass is 10.0. The quantitative estimate of drug-likeness (QED) is 0.672. The summed E-state index contributed by atoms with van der Waals surface area (Å²) >= 11 is 0. The summed E-state index contributed by atoms with van der Waals surface area (Å²) in [5.41, 5.74) is 0.401. The molecule has 3 heterocycles. The fraction of sp³-hybridized carbons (Fsp3) is 0.643. The van der Waals surface area contributed by atoms with Gasteiger partial charge >= 0.3 is 0 Å². The summed E-state index contributed by atoms with van der Waals surface area (Å²) in [6, 6.07) is 1.41. The topological polar surface area (TPSA) is 80.4 Å². The Morgan fingerprint density at radius 1 is 1.38 bits per heavy atom. The van der Waals surface area contributed by atoms with Gasteiger partial charge in [0.2, 0.25) is 0 Å². The molecule has 2 unspecified atom stereocenters. The van der Waals surface area contributed by atoms with E-state index in [1.54, 1.807) is 4.57 Å². The molecule has 21 heavy (non-hydrogen) atoms. The van der Waals surface area contributed by atoms with Gasteiger partial charge in [-0.15, -0.1) is 0 Å². The van der Waals surface area contributed by atoms with Crippen molar-refractivity contribution in [3.63, 3.8) is 0 Å². The third-order valence-corrected chi connectivity index (χ3v) is 4.50. The highest BCUT2D eigenvalue weighted by Gasteiger charge is 2.39. The van der Waals surface area contributed by atoms with Crippen molar-refractivity contribution >= 4 is 11.6 Å². The van der Waals surface area contributed by atoms with Crippen molar-refractivity contribution in [1.82, 2.24) is 14.8 Å². The normalized spacial score (nSPS) is 24.6. The lowest BCUT2D eigenvalue weighted by Crippen LogP contribution is -2.33. The van der Waals surface area contributed by atoms with Crippen LogP contribution in [0.1, 0.15) is 30.4 Å². The lowest BCUT2D eigenvalue weighted by Gasteiger charge is -2.19. The van der Waals surface area contributed by atoms with Gasteiger partial charge in [0.15, 0.2) is 0 Å². The number of nitrogens with zero attached hydrogens (tertiary/aromatic N) is 3. The van der Waals surface area contributed by atoms with Crippen LogP contribution in [0.25, 0.3) is 0 Å². The molecule has 0 spiro atoms. The van der Waals surface area contributed by atoms with Gasteiger partial charge in [0, 0.05) is 38.3 Å². The van der Waals surface area contributed by atoms with Crippen LogP contribution in [0.2, 0.25) is 0 Å². The van der Waals surface area contributed by atoms with Gasteiger partial charge in [-0.2, -0.15) is 0 Å². The van der Waals surface area contributed by atoms with Gasteiger partial charge < -0.3 is 14.8 Å². The SMILES string of the molecule is CC(C)n1cc([N+](=O)[O-])cc1C(=O)N1CC2CNCC2C1. The second kappa shape index (κ2) is 5.14. The zero-order valence-corrected chi connectivity index (χ0v) is 12.3. The molecule has 7 nitrogen and oxygen atoms in total. The molecule has 2 fully saturated rings. The minimum Gasteiger partial charge on any atom is -0.337 e. The van der Waals surface area contributed by atoms with E-state index in [9.17, 15) is 14.9 Å².